The topological polar surface area (TPSA) is 51.1 Å². The number of esters is 1. The minimum absolute atomic E-state index is 0.211. The van der Waals surface area contributed by atoms with E-state index in [2.05, 4.69) is 21.6 Å². The van der Waals surface area contributed by atoms with Crippen LogP contribution in [0.4, 0.5) is 0 Å². The normalized spacial score (nSPS) is 13.6. The Balaban J connectivity index is 1.85. The molecule has 0 saturated carbocycles. The van der Waals surface area contributed by atoms with Gasteiger partial charge in [-0.15, -0.1) is 0 Å². The van der Waals surface area contributed by atoms with E-state index in [1.807, 2.05) is 0 Å². The van der Waals surface area contributed by atoms with Crippen molar-refractivity contribution in [2.24, 2.45) is 4.99 Å². The molecule has 0 unspecified atom stereocenters. The number of amidine groups is 1. The van der Waals surface area contributed by atoms with Gasteiger partial charge in [0.05, 0.1) is 39.1 Å². The summed E-state index contributed by atoms with van der Waals surface area (Å²) in [4.78, 5) is 18.1. The van der Waals surface area contributed by atoms with Crippen molar-refractivity contribution < 1.29 is 14.3 Å². The fraction of sp³-hybridized carbons (Fsp3) is 0.923. The standard InChI is InChI=1S/C26H50N2O3/c1-3-4-5-6-7-8-9-10-11-12-13-14-15-16-17-18-25-27-20-21-28(25)22-24-31-23-19-26(29)30-2/h3-24H2,1-2H3. The molecule has 1 aliphatic rings. The van der Waals surface area contributed by atoms with E-state index in [1.165, 1.54) is 109 Å². The van der Waals surface area contributed by atoms with Gasteiger partial charge < -0.3 is 14.4 Å². The van der Waals surface area contributed by atoms with E-state index in [9.17, 15) is 4.79 Å². The molecule has 0 spiro atoms. The van der Waals surface area contributed by atoms with Crippen LogP contribution in [0.25, 0.3) is 0 Å². The molecule has 0 radical (unpaired) electrons. The van der Waals surface area contributed by atoms with Gasteiger partial charge >= 0.3 is 5.97 Å². The summed E-state index contributed by atoms with van der Waals surface area (Å²) in [7, 11) is 1.41. The minimum atomic E-state index is -0.211. The molecule has 0 atom stereocenters. The van der Waals surface area contributed by atoms with E-state index < -0.39 is 0 Å². The van der Waals surface area contributed by atoms with Gasteiger partial charge in [-0.25, -0.2) is 0 Å². The number of carbonyl (C=O) groups excluding carboxylic acids is 1. The Morgan fingerprint density at radius 3 is 1.94 bits per heavy atom. The first-order valence-corrected chi connectivity index (χ1v) is 13.2. The first kappa shape index (κ1) is 27.9. The lowest BCUT2D eigenvalue weighted by Crippen LogP contribution is -2.31. The maximum absolute atomic E-state index is 11.1. The molecule has 1 aliphatic heterocycles. The Labute approximate surface area is 192 Å². The minimum Gasteiger partial charge on any atom is -0.469 e. The zero-order valence-electron chi connectivity index (χ0n) is 20.7. The summed E-state index contributed by atoms with van der Waals surface area (Å²) in [6.07, 6.45) is 22.5. The molecular formula is C26H50N2O3. The van der Waals surface area contributed by atoms with Crippen LogP contribution in [0.5, 0.6) is 0 Å². The highest BCUT2D eigenvalue weighted by atomic mass is 16.5. The van der Waals surface area contributed by atoms with Crippen LogP contribution in [0, 0.1) is 0 Å². The van der Waals surface area contributed by atoms with Crippen molar-refractivity contribution in [3.05, 3.63) is 0 Å². The predicted molar refractivity (Wildman–Crippen MR) is 131 cm³/mol. The predicted octanol–water partition coefficient (Wildman–Crippen LogP) is 6.54. The number of rotatable bonds is 22. The number of carbonyl (C=O) groups is 1. The van der Waals surface area contributed by atoms with Gasteiger partial charge in [-0.3, -0.25) is 9.79 Å². The molecule has 1 rings (SSSR count). The van der Waals surface area contributed by atoms with Crippen LogP contribution in [0.3, 0.4) is 0 Å². The molecule has 0 amide bonds. The molecule has 0 aromatic heterocycles. The molecule has 0 N–H and O–H groups in total. The highest BCUT2D eigenvalue weighted by molar-refractivity contribution is 5.83. The SMILES string of the molecule is CCCCCCCCCCCCCCCCCC1=NCCN1CCOCCC(=O)OC. The summed E-state index contributed by atoms with van der Waals surface area (Å²) in [5.41, 5.74) is 0. The lowest BCUT2D eigenvalue weighted by molar-refractivity contribution is -0.141. The van der Waals surface area contributed by atoms with E-state index in [1.54, 1.807) is 0 Å². The van der Waals surface area contributed by atoms with E-state index >= 15 is 0 Å². The Morgan fingerprint density at radius 1 is 0.839 bits per heavy atom. The van der Waals surface area contributed by atoms with E-state index in [-0.39, 0.29) is 5.97 Å². The van der Waals surface area contributed by atoms with Gasteiger partial charge in [-0.05, 0) is 6.42 Å². The smallest absolute Gasteiger partial charge is 0.307 e. The van der Waals surface area contributed by atoms with Gasteiger partial charge in [0.2, 0.25) is 0 Å². The van der Waals surface area contributed by atoms with Crippen molar-refractivity contribution in [3.8, 4) is 0 Å². The Bertz CT molecular complexity index is 454. The van der Waals surface area contributed by atoms with Crippen LogP contribution in [0.2, 0.25) is 0 Å². The van der Waals surface area contributed by atoms with E-state index in [4.69, 9.17) is 4.74 Å². The molecule has 5 heteroatoms. The average Bonchev–Trinajstić information content (AvgIpc) is 3.23. The van der Waals surface area contributed by atoms with Crippen LogP contribution >= 0.6 is 0 Å². The molecule has 31 heavy (non-hydrogen) atoms. The fourth-order valence-corrected chi connectivity index (χ4v) is 4.20. The summed E-state index contributed by atoms with van der Waals surface area (Å²) >= 11 is 0. The number of ether oxygens (including phenoxy) is 2. The number of hydrogen-bond acceptors (Lipinski definition) is 5. The van der Waals surface area contributed by atoms with Gasteiger partial charge in [0.25, 0.3) is 0 Å². The molecule has 0 aromatic carbocycles. The Morgan fingerprint density at radius 2 is 1.39 bits per heavy atom. The Hall–Kier alpha value is -1.10. The average molecular weight is 439 g/mol. The maximum Gasteiger partial charge on any atom is 0.307 e. The van der Waals surface area contributed by atoms with E-state index in [0.29, 0.717) is 19.6 Å². The summed E-state index contributed by atoms with van der Waals surface area (Å²) in [5, 5.41) is 0. The summed E-state index contributed by atoms with van der Waals surface area (Å²) in [6.45, 7) is 6.17. The van der Waals surface area contributed by atoms with Crippen LogP contribution in [-0.4, -0.2) is 56.7 Å². The van der Waals surface area contributed by atoms with Crippen LogP contribution < -0.4 is 0 Å². The Kier molecular flexibility index (Phi) is 18.7. The van der Waals surface area contributed by atoms with Crippen molar-refractivity contribution in [1.82, 2.24) is 4.90 Å². The number of nitrogens with zero attached hydrogens (tertiary/aromatic N) is 2. The third-order valence-electron chi connectivity index (χ3n) is 6.22. The van der Waals surface area contributed by atoms with Crippen molar-refractivity contribution >= 4 is 11.8 Å². The highest BCUT2D eigenvalue weighted by Gasteiger charge is 2.15. The van der Waals surface area contributed by atoms with Crippen molar-refractivity contribution in [2.45, 2.75) is 116 Å². The maximum atomic E-state index is 11.1. The van der Waals surface area contributed by atoms with Crippen molar-refractivity contribution in [3.63, 3.8) is 0 Å². The summed E-state index contributed by atoms with van der Waals surface area (Å²) in [6, 6.07) is 0. The van der Waals surface area contributed by atoms with E-state index in [0.717, 1.165) is 26.1 Å². The third-order valence-corrected chi connectivity index (χ3v) is 6.22. The van der Waals surface area contributed by atoms with Crippen LogP contribution in [-0.2, 0) is 14.3 Å². The molecule has 0 bridgehead atoms. The second-order valence-corrected chi connectivity index (χ2v) is 8.92. The number of hydrogen-bond donors (Lipinski definition) is 0. The van der Waals surface area contributed by atoms with Crippen molar-refractivity contribution in [2.75, 3.05) is 40.0 Å². The fourth-order valence-electron chi connectivity index (χ4n) is 4.20. The summed E-state index contributed by atoms with van der Waals surface area (Å²) in [5.74, 6) is 1.04. The number of unbranched alkanes of at least 4 members (excludes halogenated alkanes) is 14. The van der Waals surface area contributed by atoms with Gasteiger partial charge in [-0.2, -0.15) is 0 Å². The molecule has 0 saturated heterocycles. The van der Waals surface area contributed by atoms with Gasteiger partial charge in [0.1, 0.15) is 0 Å². The zero-order chi connectivity index (χ0) is 22.4. The van der Waals surface area contributed by atoms with Crippen LogP contribution in [0.15, 0.2) is 4.99 Å². The largest absolute Gasteiger partial charge is 0.469 e. The lowest BCUT2D eigenvalue weighted by atomic mass is 10.0. The van der Waals surface area contributed by atoms with Gasteiger partial charge in [0.15, 0.2) is 0 Å². The molecule has 0 aromatic rings. The van der Waals surface area contributed by atoms with Gasteiger partial charge in [0, 0.05) is 19.5 Å². The molecule has 1 heterocycles. The third kappa shape index (κ3) is 16.2. The molecule has 182 valence electrons. The molecular weight excluding hydrogens is 388 g/mol. The summed E-state index contributed by atoms with van der Waals surface area (Å²) < 4.78 is 10.2. The number of methoxy groups -OCH3 is 1. The highest BCUT2D eigenvalue weighted by Crippen LogP contribution is 2.15. The second-order valence-electron chi connectivity index (χ2n) is 8.92. The second kappa shape index (κ2) is 20.8. The first-order valence-electron chi connectivity index (χ1n) is 13.2. The quantitative estimate of drug-likeness (QED) is 0.142. The molecule has 5 nitrogen and oxygen atoms in total. The molecule has 0 aliphatic carbocycles. The first-order chi connectivity index (χ1) is 15.3. The van der Waals surface area contributed by atoms with Crippen molar-refractivity contribution in [1.29, 1.82) is 0 Å². The molecule has 0 fully saturated rings. The monoisotopic (exact) mass is 438 g/mol. The van der Waals surface area contributed by atoms with Gasteiger partial charge in [-0.1, -0.05) is 96.8 Å². The van der Waals surface area contributed by atoms with Crippen LogP contribution in [0.1, 0.15) is 116 Å². The number of aliphatic imine (C=N–C) groups is 1. The lowest BCUT2D eigenvalue weighted by Gasteiger charge is -2.20. The zero-order valence-corrected chi connectivity index (χ0v) is 20.7.